The number of nitrogens with one attached hydrogen (secondary N) is 2. The quantitative estimate of drug-likeness (QED) is 0.152. The van der Waals surface area contributed by atoms with Crippen LogP contribution >= 0.6 is 15.9 Å². The minimum absolute atomic E-state index is 0.0112. The Balaban J connectivity index is 1.61. The van der Waals surface area contributed by atoms with Crippen LogP contribution in [0, 0.1) is 11.6 Å². The lowest BCUT2D eigenvalue weighted by Crippen LogP contribution is -2.52. The van der Waals surface area contributed by atoms with E-state index in [0.29, 0.717) is 29.9 Å². The highest BCUT2D eigenvalue weighted by atomic mass is 79.9. The Labute approximate surface area is 233 Å². The van der Waals surface area contributed by atoms with Gasteiger partial charge in [-0.15, -0.1) is 6.58 Å². The zero-order chi connectivity index (χ0) is 27.8. The number of benzene rings is 3. The fourth-order valence-electron chi connectivity index (χ4n) is 4.22. The minimum Gasteiger partial charge on any atom is -0.494 e. The van der Waals surface area contributed by atoms with Gasteiger partial charge in [-0.25, -0.2) is 19.2 Å². The second kappa shape index (κ2) is 13.0. The molecule has 1 amide bonds. The fraction of sp³-hybridized carbons (Fsp3) is 0.241. The van der Waals surface area contributed by atoms with Gasteiger partial charge >= 0.3 is 0 Å². The van der Waals surface area contributed by atoms with Crippen molar-refractivity contribution in [2.24, 2.45) is 4.99 Å². The van der Waals surface area contributed by atoms with Crippen LogP contribution in [0.25, 0.3) is 0 Å². The number of amides is 1. The number of ether oxygens (including phenoxy) is 2. The van der Waals surface area contributed by atoms with E-state index >= 15 is 0 Å². The number of nitrogens with zero attached hydrogens (tertiary/aromatic N) is 1. The van der Waals surface area contributed by atoms with E-state index in [1.807, 2.05) is 24.3 Å². The van der Waals surface area contributed by atoms with Gasteiger partial charge in [0.05, 0.1) is 6.61 Å². The molecule has 4 rings (SSSR count). The van der Waals surface area contributed by atoms with Gasteiger partial charge in [-0.1, -0.05) is 34.1 Å². The Morgan fingerprint density at radius 3 is 2.46 bits per heavy atom. The van der Waals surface area contributed by atoms with Crippen LogP contribution in [0.4, 0.5) is 8.78 Å². The summed E-state index contributed by atoms with van der Waals surface area (Å²) in [6, 6.07) is 17.6. The van der Waals surface area contributed by atoms with E-state index in [2.05, 4.69) is 33.4 Å². The molecule has 0 bridgehead atoms. The number of hydrogen-bond acceptors (Lipinski definition) is 6. The normalized spacial score (nSPS) is 18.3. The second-order valence-electron chi connectivity index (χ2n) is 8.92. The van der Waals surface area contributed by atoms with E-state index in [1.165, 1.54) is 12.1 Å². The van der Waals surface area contributed by atoms with Crippen LogP contribution in [-0.4, -0.2) is 35.7 Å². The highest BCUT2D eigenvalue weighted by molar-refractivity contribution is 9.10. The zero-order valence-electron chi connectivity index (χ0n) is 21.0. The third-order valence-electron chi connectivity index (χ3n) is 6.07. The first-order chi connectivity index (χ1) is 18.8. The summed E-state index contributed by atoms with van der Waals surface area (Å²) in [6.45, 7) is 4.25. The van der Waals surface area contributed by atoms with Gasteiger partial charge < -0.3 is 14.6 Å². The average Bonchev–Trinajstić information content (AvgIpc) is 3.30. The molecule has 1 aliphatic heterocycles. The first kappa shape index (κ1) is 28.4. The molecule has 0 saturated heterocycles. The maximum absolute atomic E-state index is 13.7. The van der Waals surface area contributed by atoms with Crippen molar-refractivity contribution >= 4 is 27.7 Å². The molecule has 0 aliphatic carbocycles. The van der Waals surface area contributed by atoms with E-state index in [4.69, 9.17) is 19.6 Å². The Hall–Kier alpha value is -3.60. The van der Waals surface area contributed by atoms with Crippen LogP contribution in [0.15, 0.2) is 88.9 Å². The number of aliphatic imine (C=N–C) groups is 1. The van der Waals surface area contributed by atoms with Gasteiger partial charge in [0.15, 0.2) is 11.6 Å². The largest absolute Gasteiger partial charge is 0.494 e. The Bertz CT molecular complexity index is 1320. The summed E-state index contributed by atoms with van der Waals surface area (Å²) in [4.78, 5) is 18.5. The molecule has 10 heteroatoms. The summed E-state index contributed by atoms with van der Waals surface area (Å²) in [5.74, 6) is -1.01. The molecule has 3 aromatic rings. The van der Waals surface area contributed by atoms with Crippen LogP contribution < -0.4 is 15.6 Å². The van der Waals surface area contributed by atoms with Gasteiger partial charge in [0.2, 0.25) is 5.90 Å². The van der Waals surface area contributed by atoms with E-state index in [-0.39, 0.29) is 25.5 Å². The summed E-state index contributed by atoms with van der Waals surface area (Å²) in [5, 5.41) is 8.95. The van der Waals surface area contributed by atoms with E-state index < -0.39 is 29.2 Å². The molecule has 1 heterocycles. The molecule has 3 aromatic carbocycles. The molecular weight excluding hydrogens is 572 g/mol. The smallest absolute Gasteiger partial charge is 0.266 e. The van der Waals surface area contributed by atoms with Crippen molar-refractivity contribution in [2.75, 3.05) is 13.2 Å². The number of hydrogen-bond donors (Lipinski definition) is 3. The number of aliphatic hydroxyl groups excluding tert-OH is 1. The fourth-order valence-corrected chi connectivity index (χ4v) is 4.48. The van der Waals surface area contributed by atoms with Crippen LogP contribution in [0.5, 0.6) is 5.75 Å². The molecule has 1 aliphatic rings. The van der Waals surface area contributed by atoms with Crippen LogP contribution in [0.2, 0.25) is 0 Å². The van der Waals surface area contributed by atoms with Gasteiger partial charge in [-0.3, -0.25) is 10.2 Å². The maximum Gasteiger partial charge on any atom is 0.266 e. The van der Waals surface area contributed by atoms with Crippen molar-refractivity contribution in [1.82, 2.24) is 10.9 Å². The lowest BCUT2D eigenvalue weighted by molar-refractivity contribution is -0.129. The van der Waals surface area contributed by atoms with Gasteiger partial charge in [0.1, 0.15) is 17.4 Å². The number of aliphatic hydroxyl groups is 1. The molecule has 3 N–H and O–H groups in total. The molecule has 0 aromatic heterocycles. The summed E-state index contributed by atoms with van der Waals surface area (Å²) in [7, 11) is 0. The second-order valence-corrected chi connectivity index (χ2v) is 9.83. The summed E-state index contributed by atoms with van der Waals surface area (Å²) < 4.78 is 39.9. The highest BCUT2D eigenvalue weighted by Crippen LogP contribution is 2.43. The highest BCUT2D eigenvalue weighted by Gasteiger charge is 2.52. The number of halogens is 3. The molecular formula is C29H28BrF2N3O4. The first-order valence-corrected chi connectivity index (χ1v) is 13.1. The Morgan fingerprint density at radius 1 is 1.13 bits per heavy atom. The SMILES string of the molecule is C=CC[C@]1(C(=O)NNCc2cc(F)cc(F)c2)N=C(c2ccc(OCCCO)cc2)O[C@H]1c1ccc(Br)cc1. The third-order valence-corrected chi connectivity index (χ3v) is 6.60. The minimum atomic E-state index is -1.42. The molecule has 2 atom stereocenters. The number of carbonyl (C=O) groups is 1. The Morgan fingerprint density at radius 2 is 1.82 bits per heavy atom. The van der Waals surface area contributed by atoms with Gasteiger partial charge in [-0.05, 0) is 59.7 Å². The molecule has 0 saturated carbocycles. The summed E-state index contributed by atoms with van der Waals surface area (Å²) >= 11 is 3.43. The Kier molecular flexibility index (Phi) is 9.45. The van der Waals surface area contributed by atoms with Crippen LogP contribution in [-0.2, 0) is 16.1 Å². The first-order valence-electron chi connectivity index (χ1n) is 12.3. The lowest BCUT2D eigenvalue weighted by atomic mass is 9.84. The monoisotopic (exact) mass is 599 g/mol. The van der Waals surface area contributed by atoms with Crippen molar-refractivity contribution in [3.8, 4) is 5.75 Å². The molecule has 0 radical (unpaired) electrons. The van der Waals surface area contributed by atoms with Crippen LogP contribution in [0.3, 0.4) is 0 Å². The zero-order valence-corrected chi connectivity index (χ0v) is 22.6. The maximum atomic E-state index is 13.7. The van der Waals surface area contributed by atoms with Crippen molar-refractivity contribution in [3.63, 3.8) is 0 Å². The standard InChI is InChI=1S/C29H28BrF2N3O4/c1-2-12-29(28(37)35-33-18-19-15-23(31)17-24(32)16-19)26(20-4-8-22(30)9-5-20)39-27(34-29)21-6-10-25(11-7-21)38-14-3-13-36/h2,4-11,15-17,26,33,36H,1,3,12-14,18H2,(H,35,37)/t26-,29-/m0/s1. The molecule has 0 fully saturated rings. The van der Waals surface area contributed by atoms with E-state index in [9.17, 15) is 13.6 Å². The van der Waals surface area contributed by atoms with E-state index in [1.54, 1.807) is 30.3 Å². The summed E-state index contributed by atoms with van der Waals surface area (Å²) in [5.41, 5.74) is 5.67. The summed E-state index contributed by atoms with van der Waals surface area (Å²) in [6.07, 6.45) is 1.49. The van der Waals surface area contributed by atoms with Gasteiger partial charge in [0.25, 0.3) is 5.91 Å². The predicted molar refractivity (Wildman–Crippen MR) is 147 cm³/mol. The van der Waals surface area contributed by atoms with Crippen molar-refractivity contribution in [3.05, 3.63) is 112 Å². The van der Waals surface area contributed by atoms with Gasteiger partial charge in [-0.2, -0.15) is 0 Å². The molecule has 0 unspecified atom stereocenters. The molecule has 7 nitrogen and oxygen atoms in total. The predicted octanol–water partition coefficient (Wildman–Crippen LogP) is 5.14. The average molecular weight is 600 g/mol. The molecule has 204 valence electrons. The molecule has 39 heavy (non-hydrogen) atoms. The van der Waals surface area contributed by atoms with Gasteiger partial charge in [0, 0.05) is 42.1 Å². The molecule has 0 spiro atoms. The van der Waals surface area contributed by atoms with E-state index in [0.717, 1.165) is 16.1 Å². The lowest BCUT2D eigenvalue weighted by Gasteiger charge is -2.29. The van der Waals surface area contributed by atoms with Crippen molar-refractivity contribution < 1.29 is 28.2 Å². The number of hydrazine groups is 1. The topological polar surface area (TPSA) is 92.2 Å². The van der Waals surface area contributed by atoms with Crippen molar-refractivity contribution in [2.45, 2.75) is 31.0 Å². The third kappa shape index (κ3) is 6.89. The number of rotatable bonds is 12. The van der Waals surface area contributed by atoms with Crippen molar-refractivity contribution in [1.29, 1.82) is 0 Å². The number of carbonyl (C=O) groups excluding carboxylic acids is 1. The van der Waals surface area contributed by atoms with Crippen LogP contribution in [0.1, 0.15) is 35.6 Å².